The predicted molar refractivity (Wildman–Crippen MR) is 227 cm³/mol. The Kier molecular flexibility index (Phi) is 13.1. The number of nitrogens with one attached hydrogen (secondary N) is 1. The van der Waals surface area contributed by atoms with Crippen molar-refractivity contribution in [2.45, 2.75) is 86.9 Å². The molecule has 57 heavy (non-hydrogen) atoms. The summed E-state index contributed by atoms with van der Waals surface area (Å²) in [5, 5.41) is 3.01. The Morgan fingerprint density at radius 2 is 1.32 bits per heavy atom. The van der Waals surface area contributed by atoms with Crippen molar-refractivity contribution < 1.29 is 31.5 Å². The van der Waals surface area contributed by atoms with Gasteiger partial charge in [0.1, 0.15) is 0 Å². The van der Waals surface area contributed by atoms with Gasteiger partial charge in [0.15, 0.2) is 11.6 Å². The van der Waals surface area contributed by atoms with E-state index in [0.717, 1.165) is 62.0 Å². The minimum atomic E-state index is -3.69. The first-order valence-corrected chi connectivity index (χ1v) is 22.3. The molecule has 2 saturated carbocycles. The van der Waals surface area contributed by atoms with Gasteiger partial charge in [-0.25, -0.2) is 9.69 Å². The molecule has 4 heterocycles. The van der Waals surface area contributed by atoms with Crippen LogP contribution in [0.25, 0.3) is 31.5 Å². The van der Waals surface area contributed by atoms with E-state index in [1.807, 2.05) is 25.3 Å². The maximum absolute atomic E-state index is 12.2. The molecule has 0 radical (unpaired) electrons. The van der Waals surface area contributed by atoms with Gasteiger partial charge >= 0.3 is 0 Å². The third-order valence-corrected chi connectivity index (χ3v) is 14.1. The average Bonchev–Trinajstić information content (AvgIpc) is 4.01. The van der Waals surface area contributed by atoms with Gasteiger partial charge < -0.3 is 28.5 Å². The van der Waals surface area contributed by atoms with Crippen LogP contribution in [-0.4, -0.2) is 62.1 Å². The molecule has 0 amide bonds. The quantitative estimate of drug-likeness (QED) is 0.141. The van der Waals surface area contributed by atoms with E-state index in [2.05, 4.69) is 57.3 Å². The summed E-state index contributed by atoms with van der Waals surface area (Å²) < 4.78 is 57.0. The minimum Gasteiger partial charge on any atom is -0.360 e. The lowest BCUT2D eigenvalue weighted by atomic mass is 9.90. The molecule has 9 rings (SSSR count). The van der Waals surface area contributed by atoms with Crippen LogP contribution >= 0.6 is 55.1 Å². The number of H-pyrrole nitrogens is 1. The Morgan fingerprint density at radius 1 is 0.789 bits per heavy atom. The number of fused-ring (bicyclic) bond motifs is 2. The van der Waals surface area contributed by atoms with Crippen LogP contribution in [0.4, 0.5) is 11.4 Å². The van der Waals surface area contributed by atoms with Crippen LogP contribution < -0.4 is 0 Å². The molecular formula is C41H40Br2Cl2N4O7S. The molecule has 1 N–H and O–H groups in total. The van der Waals surface area contributed by atoms with Crippen molar-refractivity contribution in [1.29, 1.82) is 0 Å². The largest absolute Gasteiger partial charge is 0.360 e. The second-order valence-corrected chi connectivity index (χ2v) is 18.5. The van der Waals surface area contributed by atoms with Gasteiger partial charge in [-0.3, -0.25) is 4.18 Å². The van der Waals surface area contributed by atoms with E-state index in [1.165, 1.54) is 0 Å². The van der Waals surface area contributed by atoms with Crippen molar-refractivity contribution >= 4 is 98.4 Å². The van der Waals surface area contributed by atoms with Crippen LogP contribution in [-0.2, 0) is 33.2 Å². The lowest BCUT2D eigenvalue weighted by molar-refractivity contribution is -0.185. The Morgan fingerprint density at radius 3 is 1.88 bits per heavy atom. The van der Waals surface area contributed by atoms with Crippen molar-refractivity contribution in [3.8, 4) is 0 Å². The highest BCUT2D eigenvalue weighted by atomic mass is 79.9. The number of halogens is 4. The van der Waals surface area contributed by atoms with E-state index in [0.29, 0.717) is 79.6 Å². The Bertz CT molecular complexity index is 2430. The second kappa shape index (κ2) is 17.7. The predicted octanol–water partition coefficient (Wildman–Crippen LogP) is 12.0. The second-order valence-electron chi connectivity index (χ2n) is 14.4. The number of ether oxygens (including phenoxy) is 4. The van der Waals surface area contributed by atoms with E-state index in [9.17, 15) is 8.42 Å². The van der Waals surface area contributed by atoms with Gasteiger partial charge in [0.25, 0.3) is 10.1 Å². The molecule has 16 heteroatoms. The summed E-state index contributed by atoms with van der Waals surface area (Å²) in [6.07, 6.45) is 10.1. The van der Waals surface area contributed by atoms with E-state index < -0.39 is 15.9 Å². The van der Waals surface area contributed by atoms with Gasteiger partial charge in [0, 0.05) is 84.9 Å². The molecule has 0 bridgehead atoms. The highest BCUT2D eigenvalue weighted by molar-refractivity contribution is 9.11. The SMILES string of the molecule is Cc1ccc(S(=O)(=O)OC2CCC3(CC2)OCCO3)cc1.[C-]#[N+]c1cc2c(Br)c[nH]c2cc1Cl.[C-]#[N+]c1cc2c(Br)cn(C3CCC4(CC3)OCCO4)c2cc1Cl. The molecule has 0 atom stereocenters. The van der Waals surface area contributed by atoms with Gasteiger partial charge in [-0.2, -0.15) is 8.42 Å². The normalized spacial score (nSPS) is 20.2. The zero-order chi connectivity index (χ0) is 40.4. The molecule has 3 aromatic carbocycles. The molecule has 2 spiro atoms. The molecule has 2 aliphatic carbocycles. The number of aryl methyl sites for hydroxylation is 1. The summed E-state index contributed by atoms with van der Waals surface area (Å²) in [7, 11) is -3.69. The summed E-state index contributed by atoms with van der Waals surface area (Å²) in [5.41, 5.74) is 4.00. The topological polar surface area (TPSA) is 110 Å². The van der Waals surface area contributed by atoms with Gasteiger partial charge in [0.05, 0.1) is 50.6 Å². The summed E-state index contributed by atoms with van der Waals surface area (Å²) in [5.74, 6) is -0.834. The summed E-state index contributed by atoms with van der Waals surface area (Å²) >= 11 is 19.1. The van der Waals surface area contributed by atoms with Crippen LogP contribution in [0.2, 0.25) is 10.0 Å². The van der Waals surface area contributed by atoms with Crippen molar-refractivity contribution in [3.05, 3.63) is 108 Å². The van der Waals surface area contributed by atoms with Crippen LogP contribution in [0.3, 0.4) is 0 Å². The van der Waals surface area contributed by atoms with E-state index in [4.69, 9.17) is 59.5 Å². The fourth-order valence-corrected chi connectivity index (χ4v) is 10.3. The van der Waals surface area contributed by atoms with Gasteiger partial charge in [-0.05, 0) is 101 Å². The summed E-state index contributed by atoms with van der Waals surface area (Å²) in [6.45, 7) is 18.7. The number of benzene rings is 3. The number of nitrogens with zero attached hydrogens (tertiary/aromatic N) is 3. The highest BCUT2D eigenvalue weighted by Gasteiger charge is 2.42. The molecule has 2 aromatic heterocycles. The average molecular weight is 964 g/mol. The van der Waals surface area contributed by atoms with Gasteiger partial charge in [-0.1, -0.05) is 40.9 Å². The fraction of sp³-hybridized carbons (Fsp3) is 0.415. The van der Waals surface area contributed by atoms with Crippen LogP contribution in [0.5, 0.6) is 0 Å². The lowest BCUT2D eigenvalue weighted by Gasteiger charge is -2.36. The molecule has 0 unspecified atom stereocenters. The molecule has 5 aromatic rings. The fourth-order valence-electron chi connectivity index (χ4n) is 7.75. The summed E-state index contributed by atoms with van der Waals surface area (Å²) in [4.78, 5) is 10.1. The smallest absolute Gasteiger partial charge is 0.297 e. The third-order valence-electron chi connectivity index (χ3n) is 10.8. The molecule has 300 valence electrons. The number of aromatic nitrogens is 2. The first kappa shape index (κ1) is 42.1. The number of hydrogen-bond donors (Lipinski definition) is 1. The lowest BCUT2D eigenvalue weighted by Crippen LogP contribution is -2.38. The van der Waals surface area contributed by atoms with Crippen LogP contribution in [0, 0.1) is 20.1 Å². The zero-order valence-electron chi connectivity index (χ0n) is 31.0. The number of hydrogen-bond acceptors (Lipinski definition) is 7. The Labute approximate surface area is 358 Å². The Balaban J connectivity index is 0.000000136. The monoisotopic (exact) mass is 960 g/mol. The molecule has 4 aliphatic rings. The van der Waals surface area contributed by atoms with Gasteiger partial charge in [-0.15, -0.1) is 0 Å². The number of aromatic amines is 1. The van der Waals surface area contributed by atoms with Crippen molar-refractivity contribution in [2.75, 3.05) is 26.4 Å². The zero-order valence-corrected chi connectivity index (χ0v) is 36.5. The van der Waals surface area contributed by atoms with Crippen molar-refractivity contribution in [3.63, 3.8) is 0 Å². The minimum absolute atomic E-state index is 0.210. The standard InChI is InChI=1S/C17H16BrClN2O2.C15H20O5S.C9H4BrClN2/c1-20-15-8-12-13(18)10-21(16(12)9-14(15)19)11-2-4-17(5-3-11)22-6-7-23-17;1-12-2-4-14(5-3-12)21(16,17)20-13-6-8-15(9-7-13)18-10-11-19-15;1-12-9-2-5-6(10)4-13-8(5)3-7(9)11/h8-11H,2-7H2;2-5,13H,6-11H2,1H3;2-4,13H. The summed E-state index contributed by atoms with van der Waals surface area (Å²) in [6, 6.07) is 14.4. The third kappa shape index (κ3) is 9.42. The Hall–Kier alpha value is -2.99. The van der Waals surface area contributed by atoms with E-state index >= 15 is 0 Å². The molecule has 4 fully saturated rings. The molecular weight excluding hydrogens is 923 g/mol. The van der Waals surface area contributed by atoms with E-state index in [-0.39, 0.29) is 16.8 Å². The van der Waals surface area contributed by atoms with E-state index in [1.54, 1.807) is 36.4 Å². The van der Waals surface area contributed by atoms with Crippen LogP contribution in [0.1, 0.15) is 63.0 Å². The van der Waals surface area contributed by atoms with Crippen LogP contribution in [0.15, 0.2) is 74.8 Å². The molecule has 2 aliphatic heterocycles. The molecule has 11 nitrogen and oxygen atoms in total. The number of rotatable bonds is 4. The first-order chi connectivity index (χ1) is 27.3. The van der Waals surface area contributed by atoms with Crippen molar-refractivity contribution in [2.24, 2.45) is 0 Å². The maximum atomic E-state index is 12.2. The van der Waals surface area contributed by atoms with Crippen molar-refractivity contribution in [1.82, 2.24) is 9.55 Å². The van der Waals surface area contributed by atoms with Gasteiger partial charge in [0.2, 0.25) is 11.4 Å². The molecule has 2 saturated heterocycles. The first-order valence-electron chi connectivity index (χ1n) is 18.6. The maximum Gasteiger partial charge on any atom is 0.297 e. The highest BCUT2D eigenvalue weighted by Crippen LogP contribution is 2.44.